The van der Waals surface area contributed by atoms with E-state index in [9.17, 15) is 22.2 Å². The van der Waals surface area contributed by atoms with Gasteiger partial charge in [0.25, 0.3) is 0 Å². The number of hydrogen-bond acceptors (Lipinski definition) is 7. The molecule has 1 saturated carbocycles. The topological polar surface area (TPSA) is 120 Å². The van der Waals surface area contributed by atoms with Crippen LogP contribution in [0.15, 0.2) is 83.9 Å². The summed E-state index contributed by atoms with van der Waals surface area (Å²) in [5.41, 5.74) is 0.610. The molecule has 3 aromatic carbocycles. The first-order valence-corrected chi connectivity index (χ1v) is 15.6. The molecule has 1 aromatic heterocycles. The summed E-state index contributed by atoms with van der Waals surface area (Å²) >= 11 is 0. The van der Waals surface area contributed by atoms with Gasteiger partial charge in [-0.05, 0) is 73.2 Å². The van der Waals surface area contributed by atoms with Crippen LogP contribution < -0.4 is 16.0 Å². The minimum absolute atomic E-state index is 0.00495. The summed E-state index contributed by atoms with van der Waals surface area (Å²) < 4.78 is 62.2. The molecule has 12 heteroatoms. The largest absolute Gasteiger partial charge is 0.416 e. The normalized spacial score (nSPS) is 19.4. The van der Waals surface area contributed by atoms with Crippen molar-refractivity contribution in [3.63, 3.8) is 0 Å². The number of nitrogens with one attached hydrogen (secondary N) is 4. The van der Waals surface area contributed by atoms with Crippen LogP contribution in [-0.4, -0.2) is 32.4 Å². The predicted molar refractivity (Wildman–Crippen MR) is 160 cm³/mol. The van der Waals surface area contributed by atoms with Crippen LogP contribution >= 0.6 is 0 Å². The van der Waals surface area contributed by atoms with Crippen LogP contribution in [0.4, 0.5) is 36.3 Å². The van der Waals surface area contributed by atoms with Crippen LogP contribution in [0.1, 0.15) is 36.8 Å². The Bertz CT molecular complexity index is 1790. The maximum Gasteiger partial charge on any atom is 0.416 e. The summed E-state index contributed by atoms with van der Waals surface area (Å²) in [5.74, 6) is 0.704. The van der Waals surface area contributed by atoms with Gasteiger partial charge in [0.1, 0.15) is 5.82 Å². The number of benzene rings is 3. The van der Waals surface area contributed by atoms with Crippen molar-refractivity contribution in [1.29, 1.82) is 4.78 Å². The van der Waals surface area contributed by atoms with E-state index < -0.39 is 32.8 Å². The monoisotopic (exact) mass is 606 g/mol. The third kappa shape index (κ3) is 5.92. The number of carbonyl (C=O) groups is 1. The molecular formula is C31H29F3N6O2S. The molecule has 1 unspecified atom stereocenters. The van der Waals surface area contributed by atoms with Gasteiger partial charge < -0.3 is 16.0 Å². The summed E-state index contributed by atoms with van der Waals surface area (Å²) in [7, 11) is -2.92. The highest BCUT2D eigenvalue weighted by Gasteiger charge is 2.54. The van der Waals surface area contributed by atoms with E-state index in [4.69, 9.17) is 4.78 Å². The predicted octanol–water partition coefficient (Wildman–Crippen LogP) is 7.19. The SMILES string of the molecule is N=S1(=O)CCCCNc2nc(ncc2-c2ccc(NC(=O)C3(c4ccccc4C(F)(F)F)CC3)cc2)Nc2cccc1c2. The highest BCUT2D eigenvalue weighted by atomic mass is 32.2. The van der Waals surface area contributed by atoms with Crippen LogP contribution in [0.5, 0.6) is 0 Å². The van der Waals surface area contributed by atoms with Crippen molar-refractivity contribution >= 4 is 38.8 Å². The van der Waals surface area contributed by atoms with E-state index in [1.165, 1.54) is 18.2 Å². The number of fused-ring (bicyclic) bond motifs is 4. The summed E-state index contributed by atoms with van der Waals surface area (Å²) in [5, 5.41) is 9.26. The molecule has 1 fully saturated rings. The first-order chi connectivity index (χ1) is 20.5. The number of halogens is 3. The van der Waals surface area contributed by atoms with Gasteiger partial charge in [0, 0.05) is 40.3 Å². The number of carbonyl (C=O) groups excluding carboxylic acids is 1. The van der Waals surface area contributed by atoms with E-state index in [0.29, 0.717) is 65.8 Å². The molecule has 1 aliphatic carbocycles. The lowest BCUT2D eigenvalue weighted by atomic mass is 9.90. The average molecular weight is 607 g/mol. The Labute approximate surface area is 247 Å². The van der Waals surface area contributed by atoms with E-state index in [1.54, 1.807) is 54.7 Å². The highest BCUT2D eigenvalue weighted by Crippen LogP contribution is 2.52. The van der Waals surface area contributed by atoms with E-state index in [-0.39, 0.29) is 11.3 Å². The second-order valence-electron chi connectivity index (χ2n) is 10.8. The smallest absolute Gasteiger partial charge is 0.369 e. The molecule has 4 N–H and O–H groups in total. The Kier molecular flexibility index (Phi) is 7.33. The fourth-order valence-corrected chi connectivity index (χ4v) is 6.79. The lowest BCUT2D eigenvalue weighted by molar-refractivity contribution is -0.138. The Morgan fingerprint density at radius 2 is 1.77 bits per heavy atom. The summed E-state index contributed by atoms with van der Waals surface area (Å²) in [6.45, 7) is 0.548. The standard InChI is InChI=1S/C31H29F3N6O2S/c32-31(33,34)26-9-2-1-8-25(26)30(14-15-30)28(41)38-21-12-10-20(11-13-21)24-19-37-29-39-22-6-5-7-23(18-22)43(35,42)17-4-3-16-36-27(24)40-29/h1-2,5-13,18-19,35H,3-4,14-17H2,(H,38,41)(H2,36,37,39,40). The molecule has 1 aliphatic heterocycles. The van der Waals surface area contributed by atoms with E-state index >= 15 is 0 Å². The third-order valence-corrected chi connectivity index (χ3v) is 9.68. The molecule has 0 saturated heterocycles. The van der Waals surface area contributed by atoms with Gasteiger partial charge in [-0.15, -0.1) is 0 Å². The zero-order valence-electron chi connectivity index (χ0n) is 23.0. The molecular weight excluding hydrogens is 577 g/mol. The van der Waals surface area contributed by atoms with Crippen molar-refractivity contribution < 1.29 is 22.2 Å². The van der Waals surface area contributed by atoms with Crippen LogP contribution in [0.2, 0.25) is 0 Å². The van der Waals surface area contributed by atoms with Crippen LogP contribution in [0.25, 0.3) is 11.1 Å². The molecule has 222 valence electrons. The van der Waals surface area contributed by atoms with Crippen LogP contribution in [0, 0.1) is 4.78 Å². The summed E-state index contributed by atoms with van der Waals surface area (Å²) in [4.78, 5) is 22.8. The van der Waals surface area contributed by atoms with Gasteiger partial charge in [0.15, 0.2) is 0 Å². The number of amides is 1. The third-order valence-electron chi connectivity index (χ3n) is 7.80. The molecule has 4 aromatic rings. The second-order valence-corrected chi connectivity index (χ2v) is 13.0. The minimum Gasteiger partial charge on any atom is -0.369 e. The molecule has 0 radical (unpaired) electrons. The number of rotatable bonds is 4. The summed E-state index contributed by atoms with van der Waals surface area (Å²) in [6.07, 6.45) is -0.887. The van der Waals surface area contributed by atoms with E-state index in [2.05, 4.69) is 25.9 Å². The molecule has 4 bridgehead atoms. The Morgan fingerprint density at radius 1 is 1.00 bits per heavy atom. The van der Waals surface area contributed by atoms with Gasteiger partial charge in [0.05, 0.1) is 20.7 Å². The number of nitrogens with zero attached hydrogens (tertiary/aromatic N) is 2. The van der Waals surface area contributed by atoms with Crippen molar-refractivity contribution in [2.45, 2.75) is 42.2 Å². The lowest BCUT2D eigenvalue weighted by Crippen LogP contribution is -2.30. The van der Waals surface area contributed by atoms with Crippen LogP contribution in [-0.2, 0) is 26.1 Å². The zero-order chi connectivity index (χ0) is 30.2. The number of alkyl halides is 3. The highest BCUT2D eigenvalue weighted by molar-refractivity contribution is 7.92. The molecule has 2 heterocycles. The van der Waals surface area contributed by atoms with Gasteiger partial charge >= 0.3 is 6.18 Å². The van der Waals surface area contributed by atoms with Gasteiger partial charge in [-0.3, -0.25) is 4.79 Å². The van der Waals surface area contributed by atoms with Crippen molar-refractivity contribution in [1.82, 2.24) is 9.97 Å². The lowest BCUT2D eigenvalue weighted by Gasteiger charge is -2.21. The molecule has 6 rings (SSSR count). The Hall–Kier alpha value is -4.45. The molecule has 1 amide bonds. The van der Waals surface area contributed by atoms with Gasteiger partial charge in [-0.2, -0.15) is 18.2 Å². The second kappa shape index (κ2) is 11.0. The minimum atomic E-state index is -4.55. The maximum atomic E-state index is 13.6. The molecule has 8 nitrogen and oxygen atoms in total. The molecule has 2 aliphatic rings. The number of hydrogen-bond donors (Lipinski definition) is 4. The zero-order valence-corrected chi connectivity index (χ0v) is 23.8. The average Bonchev–Trinajstić information content (AvgIpc) is 3.79. The van der Waals surface area contributed by atoms with E-state index in [0.717, 1.165) is 11.6 Å². The Balaban J connectivity index is 1.23. The summed E-state index contributed by atoms with van der Waals surface area (Å²) in [6, 6.07) is 19.2. The van der Waals surface area contributed by atoms with Gasteiger partial charge in [-0.25, -0.2) is 14.0 Å². The van der Waals surface area contributed by atoms with Gasteiger partial charge in [-0.1, -0.05) is 36.4 Å². The van der Waals surface area contributed by atoms with Crippen molar-refractivity contribution in [2.75, 3.05) is 28.2 Å². The molecule has 1 atom stereocenters. The van der Waals surface area contributed by atoms with Gasteiger partial charge in [0.2, 0.25) is 11.9 Å². The first-order valence-electron chi connectivity index (χ1n) is 13.9. The maximum absolute atomic E-state index is 13.6. The van der Waals surface area contributed by atoms with Crippen molar-refractivity contribution in [3.8, 4) is 11.1 Å². The number of anilines is 4. The number of aromatic nitrogens is 2. The van der Waals surface area contributed by atoms with Crippen molar-refractivity contribution in [2.24, 2.45) is 0 Å². The fourth-order valence-electron chi connectivity index (χ4n) is 5.33. The molecule has 0 spiro atoms. The quantitative estimate of drug-likeness (QED) is 0.195. The molecule has 43 heavy (non-hydrogen) atoms. The van der Waals surface area contributed by atoms with Crippen molar-refractivity contribution in [3.05, 3.63) is 90.1 Å². The first kappa shape index (κ1) is 28.7. The van der Waals surface area contributed by atoms with Crippen LogP contribution in [0.3, 0.4) is 0 Å². The fraction of sp³-hybridized carbons (Fsp3) is 0.258. The Morgan fingerprint density at radius 3 is 2.51 bits per heavy atom. The van der Waals surface area contributed by atoms with E-state index in [1.807, 2.05) is 0 Å².